The van der Waals surface area contributed by atoms with Crippen molar-refractivity contribution >= 4 is 33.4 Å². The topological polar surface area (TPSA) is 54.1 Å². The van der Waals surface area contributed by atoms with Crippen molar-refractivity contribution in [3.8, 4) is 5.75 Å². The molecule has 0 atom stereocenters. The summed E-state index contributed by atoms with van der Waals surface area (Å²) in [4.78, 5) is 15.3. The van der Waals surface area contributed by atoms with E-state index in [-0.39, 0.29) is 12.3 Å². The van der Waals surface area contributed by atoms with E-state index in [0.717, 1.165) is 21.8 Å². The van der Waals surface area contributed by atoms with Gasteiger partial charge in [-0.15, -0.1) is 0 Å². The van der Waals surface area contributed by atoms with Crippen LogP contribution in [0.25, 0.3) is 21.8 Å². The number of ether oxygens (including phenoxy) is 1. The number of aromatic nitrogens is 1. The van der Waals surface area contributed by atoms with Crippen molar-refractivity contribution in [3.05, 3.63) is 72.5 Å². The van der Waals surface area contributed by atoms with E-state index in [9.17, 15) is 9.18 Å². The molecule has 0 bridgehead atoms. The van der Waals surface area contributed by atoms with Crippen molar-refractivity contribution in [2.24, 2.45) is 0 Å². The first-order valence-corrected chi connectivity index (χ1v) is 7.88. The SMILES string of the molecule is O=C(COc1ccc2c(c1)[nH]c1ccccc12)Nc1ccccc1F. The van der Waals surface area contributed by atoms with Gasteiger partial charge in [-0.2, -0.15) is 0 Å². The third-order valence-electron chi connectivity index (χ3n) is 4.00. The molecule has 4 rings (SSSR count). The number of fused-ring (bicyclic) bond motifs is 3. The van der Waals surface area contributed by atoms with E-state index in [1.54, 1.807) is 12.1 Å². The van der Waals surface area contributed by atoms with Gasteiger partial charge >= 0.3 is 0 Å². The van der Waals surface area contributed by atoms with Crippen molar-refractivity contribution in [2.45, 2.75) is 0 Å². The average molecular weight is 334 g/mol. The number of benzene rings is 3. The molecule has 4 aromatic rings. The third-order valence-corrected chi connectivity index (χ3v) is 4.00. The molecule has 0 aliphatic carbocycles. The molecule has 0 saturated carbocycles. The van der Waals surface area contributed by atoms with Crippen molar-refractivity contribution < 1.29 is 13.9 Å². The van der Waals surface area contributed by atoms with Crippen LogP contribution in [0.1, 0.15) is 0 Å². The molecule has 4 nitrogen and oxygen atoms in total. The minimum atomic E-state index is -0.477. The number of halogens is 1. The molecule has 1 aromatic heterocycles. The lowest BCUT2D eigenvalue weighted by Gasteiger charge is -2.08. The highest BCUT2D eigenvalue weighted by Gasteiger charge is 2.09. The number of anilines is 1. The molecule has 25 heavy (non-hydrogen) atoms. The number of carbonyl (C=O) groups excluding carboxylic acids is 1. The van der Waals surface area contributed by atoms with Crippen LogP contribution in [-0.4, -0.2) is 17.5 Å². The number of carbonyl (C=O) groups is 1. The molecular weight excluding hydrogens is 319 g/mol. The van der Waals surface area contributed by atoms with Crippen LogP contribution in [0.4, 0.5) is 10.1 Å². The van der Waals surface area contributed by atoms with Crippen LogP contribution in [-0.2, 0) is 4.79 Å². The number of para-hydroxylation sites is 2. The molecule has 3 aromatic carbocycles. The molecule has 2 N–H and O–H groups in total. The van der Waals surface area contributed by atoms with Gasteiger partial charge in [-0.1, -0.05) is 30.3 Å². The Balaban J connectivity index is 1.48. The molecule has 0 saturated heterocycles. The van der Waals surface area contributed by atoms with Crippen LogP contribution in [0.15, 0.2) is 66.7 Å². The van der Waals surface area contributed by atoms with Gasteiger partial charge < -0.3 is 15.0 Å². The normalized spacial score (nSPS) is 10.9. The largest absolute Gasteiger partial charge is 0.484 e. The Morgan fingerprint density at radius 3 is 2.60 bits per heavy atom. The number of hydrogen-bond acceptors (Lipinski definition) is 2. The summed E-state index contributed by atoms with van der Waals surface area (Å²) in [6, 6.07) is 19.7. The van der Waals surface area contributed by atoms with Gasteiger partial charge in [0.1, 0.15) is 11.6 Å². The zero-order chi connectivity index (χ0) is 17.2. The van der Waals surface area contributed by atoms with E-state index in [1.165, 1.54) is 12.1 Å². The summed E-state index contributed by atoms with van der Waals surface area (Å²) in [5.41, 5.74) is 2.13. The first kappa shape index (κ1) is 15.2. The molecule has 0 unspecified atom stereocenters. The molecule has 0 spiro atoms. The average Bonchev–Trinajstić information content (AvgIpc) is 3.00. The third kappa shape index (κ3) is 3.04. The molecule has 0 aliphatic rings. The van der Waals surface area contributed by atoms with Crippen LogP contribution in [0, 0.1) is 5.82 Å². The predicted molar refractivity (Wildman–Crippen MR) is 96.3 cm³/mol. The van der Waals surface area contributed by atoms with Crippen LogP contribution in [0.5, 0.6) is 5.75 Å². The Morgan fingerprint density at radius 1 is 0.960 bits per heavy atom. The zero-order valence-corrected chi connectivity index (χ0v) is 13.3. The van der Waals surface area contributed by atoms with E-state index in [2.05, 4.69) is 16.4 Å². The smallest absolute Gasteiger partial charge is 0.262 e. The Morgan fingerprint density at radius 2 is 1.72 bits per heavy atom. The Kier molecular flexibility index (Phi) is 3.82. The lowest BCUT2D eigenvalue weighted by atomic mass is 10.1. The summed E-state index contributed by atoms with van der Waals surface area (Å²) in [7, 11) is 0. The first-order valence-electron chi connectivity index (χ1n) is 7.88. The van der Waals surface area contributed by atoms with Crippen LogP contribution in [0.3, 0.4) is 0 Å². The summed E-state index contributed by atoms with van der Waals surface area (Å²) in [5, 5.41) is 4.73. The Hall–Kier alpha value is -3.34. The lowest BCUT2D eigenvalue weighted by Crippen LogP contribution is -2.20. The van der Waals surface area contributed by atoms with Gasteiger partial charge in [-0.25, -0.2) is 4.39 Å². The molecule has 124 valence electrons. The maximum atomic E-state index is 13.5. The van der Waals surface area contributed by atoms with E-state index in [4.69, 9.17) is 4.74 Å². The second kappa shape index (κ2) is 6.28. The van der Waals surface area contributed by atoms with Gasteiger partial charge in [0, 0.05) is 22.4 Å². The van der Waals surface area contributed by atoms with E-state index in [1.807, 2.05) is 36.4 Å². The fraction of sp³-hybridized carbons (Fsp3) is 0.0500. The molecular formula is C20H15FN2O2. The molecule has 0 radical (unpaired) electrons. The molecule has 1 amide bonds. The summed E-state index contributed by atoms with van der Waals surface area (Å²) < 4.78 is 19.1. The summed E-state index contributed by atoms with van der Waals surface area (Å²) >= 11 is 0. The number of rotatable bonds is 4. The number of aromatic amines is 1. The lowest BCUT2D eigenvalue weighted by molar-refractivity contribution is -0.118. The van der Waals surface area contributed by atoms with Gasteiger partial charge in [0.05, 0.1) is 11.2 Å². The molecule has 0 aliphatic heterocycles. The van der Waals surface area contributed by atoms with Crippen molar-refractivity contribution in [1.29, 1.82) is 0 Å². The standard InChI is InChI=1S/C20H15FN2O2/c21-16-6-2-4-8-18(16)23-20(24)12-25-13-9-10-15-14-5-1-3-7-17(14)22-19(15)11-13/h1-11,22H,12H2,(H,23,24). The molecule has 5 heteroatoms. The van der Waals surface area contributed by atoms with Gasteiger partial charge in [0.15, 0.2) is 6.61 Å². The Labute approximate surface area is 143 Å². The van der Waals surface area contributed by atoms with Gasteiger partial charge in [-0.05, 0) is 30.3 Å². The van der Waals surface area contributed by atoms with Crippen LogP contribution < -0.4 is 10.1 Å². The van der Waals surface area contributed by atoms with Crippen LogP contribution >= 0.6 is 0 Å². The quantitative estimate of drug-likeness (QED) is 0.578. The van der Waals surface area contributed by atoms with Gasteiger partial charge in [0.2, 0.25) is 0 Å². The van der Waals surface area contributed by atoms with Crippen molar-refractivity contribution in [2.75, 3.05) is 11.9 Å². The number of hydrogen-bond donors (Lipinski definition) is 2. The highest BCUT2D eigenvalue weighted by molar-refractivity contribution is 6.07. The van der Waals surface area contributed by atoms with Crippen molar-refractivity contribution in [1.82, 2.24) is 4.98 Å². The van der Waals surface area contributed by atoms with Gasteiger partial charge in [0.25, 0.3) is 5.91 Å². The Bertz CT molecular complexity index is 1070. The minimum Gasteiger partial charge on any atom is -0.484 e. The van der Waals surface area contributed by atoms with Crippen molar-refractivity contribution in [3.63, 3.8) is 0 Å². The summed E-state index contributed by atoms with van der Waals surface area (Å²) in [6.45, 7) is -0.194. The number of H-pyrrole nitrogens is 1. The fourth-order valence-corrected chi connectivity index (χ4v) is 2.82. The maximum Gasteiger partial charge on any atom is 0.262 e. The predicted octanol–water partition coefficient (Wildman–Crippen LogP) is 4.48. The highest BCUT2D eigenvalue weighted by Crippen LogP contribution is 2.28. The second-order valence-corrected chi connectivity index (χ2v) is 5.69. The zero-order valence-electron chi connectivity index (χ0n) is 13.3. The second-order valence-electron chi connectivity index (χ2n) is 5.69. The molecule has 1 heterocycles. The molecule has 0 fully saturated rings. The minimum absolute atomic E-state index is 0.141. The number of amides is 1. The number of nitrogens with one attached hydrogen (secondary N) is 2. The van der Waals surface area contributed by atoms with E-state index >= 15 is 0 Å². The maximum absolute atomic E-state index is 13.5. The first-order chi connectivity index (χ1) is 12.2. The van der Waals surface area contributed by atoms with E-state index < -0.39 is 11.7 Å². The fourth-order valence-electron chi connectivity index (χ4n) is 2.82. The summed E-state index contributed by atoms with van der Waals surface area (Å²) in [5.74, 6) is -0.320. The van der Waals surface area contributed by atoms with Crippen LogP contribution in [0.2, 0.25) is 0 Å². The van der Waals surface area contributed by atoms with E-state index in [0.29, 0.717) is 5.75 Å². The van der Waals surface area contributed by atoms with Gasteiger partial charge in [-0.3, -0.25) is 4.79 Å². The monoisotopic (exact) mass is 334 g/mol. The highest BCUT2D eigenvalue weighted by atomic mass is 19.1. The summed E-state index contributed by atoms with van der Waals surface area (Å²) in [6.07, 6.45) is 0.